The van der Waals surface area contributed by atoms with Gasteiger partial charge >= 0.3 is 0 Å². The highest BCUT2D eigenvalue weighted by Crippen LogP contribution is 2.50. The molecule has 1 amide bonds. The summed E-state index contributed by atoms with van der Waals surface area (Å²) in [5.41, 5.74) is 6.87. The zero-order valence-electron chi connectivity index (χ0n) is 16.2. The lowest BCUT2D eigenvalue weighted by molar-refractivity contribution is -0.180. The largest absolute Gasteiger partial charge is 0.378 e. The van der Waals surface area contributed by atoms with E-state index in [1.54, 1.807) is 0 Å². The third-order valence-electron chi connectivity index (χ3n) is 6.48. The summed E-state index contributed by atoms with van der Waals surface area (Å²) in [7, 11) is 0. The molecule has 0 bridgehead atoms. The highest BCUT2D eigenvalue weighted by molar-refractivity contribution is 5.89. The van der Waals surface area contributed by atoms with Crippen molar-refractivity contribution in [2.75, 3.05) is 19.7 Å². The average Bonchev–Trinajstić information content (AvgIpc) is 2.62. The molecule has 0 aromatic heterocycles. The zero-order chi connectivity index (χ0) is 18.1. The molecule has 4 nitrogen and oxygen atoms in total. The van der Waals surface area contributed by atoms with Gasteiger partial charge in [0.25, 0.3) is 0 Å². The molecule has 2 unspecified atom stereocenters. The van der Waals surface area contributed by atoms with Crippen molar-refractivity contribution in [2.24, 2.45) is 17.1 Å². The van der Waals surface area contributed by atoms with Crippen molar-refractivity contribution >= 4 is 18.3 Å². The van der Waals surface area contributed by atoms with Crippen molar-refractivity contribution < 1.29 is 9.53 Å². The van der Waals surface area contributed by atoms with Crippen molar-refractivity contribution in [3.8, 4) is 0 Å². The number of nitrogens with two attached hydrogens (primary N) is 1. The summed E-state index contributed by atoms with van der Waals surface area (Å²) in [5, 5.41) is 0. The van der Waals surface area contributed by atoms with Crippen LogP contribution in [0.15, 0.2) is 30.3 Å². The van der Waals surface area contributed by atoms with E-state index in [4.69, 9.17) is 10.5 Å². The third-order valence-corrected chi connectivity index (χ3v) is 6.48. The quantitative estimate of drug-likeness (QED) is 0.851. The SMILES string of the molecule is CCOC1CC(N)(C(=O)N2CCC(Cc3ccccc3)CC2)C1(C)C.Cl. The molecule has 1 aliphatic heterocycles. The Morgan fingerprint density at radius 1 is 1.23 bits per heavy atom. The third kappa shape index (κ3) is 3.78. The first-order valence-corrected chi connectivity index (χ1v) is 9.62. The first-order chi connectivity index (χ1) is 11.9. The first-order valence-electron chi connectivity index (χ1n) is 9.62. The average molecular weight is 381 g/mol. The Kier molecular flexibility index (Phi) is 6.75. The Labute approximate surface area is 163 Å². The number of likely N-dealkylation sites (tertiary alicyclic amines) is 1. The predicted molar refractivity (Wildman–Crippen MR) is 107 cm³/mol. The fraction of sp³-hybridized carbons (Fsp3) is 0.667. The minimum Gasteiger partial charge on any atom is -0.378 e. The fourth-order valence-electron chi connectivity index (χ4n) is 4.37. The number of nitrogens with zero attached hydrogens (tertiary/aromatic N) is 1. The van der Waals surface area contributed by atoms with Gasteiger partial charge in [0.15, 0.2) is 0 Å². The molecule has 3 rings (SSSR count). The topological polar surface area (TPSA) is 55.6 Å². The van der Waals surface area contributed by atoms with Gasteiger partial charge in [-0.2, -0.15) is 0 Å². The number of rotatable bonds is 5. The molecular weight excluding hydrogens is 348 g/mol. The Balaban J connectivity index is 0.00000243. The number of piperidine rings is 1. The Morgan fingerprint density at radius 3 is 2.38 bits per heavy atom. The summed E-state index contributed by atoms with van der Waals surface area (Å²) >= 11 is 0. The number of carbonyl (C=O) groups is 1. The van der Waals surface area contributed by atoms with Crippen molar-refractivity contribution in [3.05, 3.63) is 35.9 Å². The molecule has 1 saturated heterocycles. The fourth-order valence-corrected chi connectivity index (χ4v) is 4.37. The molecule has 1 aromatic rings. The Bertz CT molecular complexity index is 599. The number of ether oxygens (including phenoxy) is 1. The zero-order valence-corrected chi connectivity index (χ0v) is 17.1. The highest BCUT2D eigenvalue weighted by atomic mass is 35.5. The molecule has 0 spiro atoms. The highest BCUT2D eigenvalue weighted by Gasteiger charge is 2.63. The van der Waals surface area contributed by atoms with Gasteiger partial charge in [-0.3, -0.25) is 4.79 Å². The van der Waals surface area contributed by atoms with Gasteiger partial charge in [-0.25, -0.2) is 0 Å². The molecule has 2 atom stereocenters. The maximum absolute atomic E-state index is 13.1. The van der Waals surface area contributed by atoms with Crippen LogP contribution in [0.3, 0.4) is 0 Å². The summed E-state index contributed by atoms with van der Waals surface area (Å²) in [6.07, 6.45) is 3.95. The molecule has 2 fully saturated rings. The number of halogens is 1. The van der Waals surface area contributed by atoms with E-state index in [0.29, 0.717) is 18.9 Å². The molecule has 1 aliphatic carbocycles. The second kappa shape index (κ2) is 8.28. The van der Waals surface area contributed by atoms with E-state index >= 15 is 0 Å². The van der Waals surface area contributed by atoms with Crippen LogP contribution >= 0.6 is 12.4 Å². The summed E-state index contributed by atoms with van der Waals surface area (Å²) in [5.74, 6) is 0.775. The number of carbonyl (C=O) groups excluding carboxylic acids is 1. The lowest BCUT2D eigenvalue weighted by Crippen LogP contribution is -2.76. The van der Waals surface area contributed by atoms with E-state index in [-0.39, 0.29) is 29.8 Å². The molecule has 146 valence electrons. The standard InChI is InChI=1S/C21H32N2O2.ClH/c1-4-25-18-15-21(22,20(18,2)3)19(24)23-12-10-17(11-13-23)14-16-8-6-5-7-9-16;/h5-9,17-18H,4,10-15,22H2,1-3H3;1H. The van der Waals surface area contributed by atoms with Crippen LogP contribution in [0.2, 0.25) is 0 Å². The molecular formula is C21H33ClN2O2. The van der Waals surface area contributed by atoms with Crippen LogP contribution in [-0.4, -0.2) is 42.1 Å². The van der Waals surface area contributed by atoms with E-state index in [1.807, 2.05) is 11.8 Å². The molecule has 1 aromatic carbocycles. The smallest absolute Gasteiger partial charge is 0.243 e. The normalized spacial score (nSPS) is 28.2. The van der Waals surface area contributed by atoms with E-state index in [0.717, 1.165) is 32.4 Å². The van der Waals surface area contributed by atoms with E-state index in [2.05, 4.69) is 44.2 Å². The van der Waals surface area contributed by atoms with E-state index in [9.17, 15) is 4.79 Å². The van der Waals surface area contributed by atoms with Gasteiger partial charge in [0, 0.05) is 31.5 Å². The van der Waals surface area contributed by atoms with Crippen LogP contribution < -0.4 is 5.73 Å². The first kappa shape index (κ1) is 21.2. The van der Waals surface area contributed by atoms with Gasteiger partial charge < -0.3 is 15.4 Å². The molecule has 26 heavy (non-hydrogen) atoms. The van der Waals surface area contributed by atoms with Gasteiger partial charge in [0.05, 0.1) is 6.10 Å². The van der Waals surface area contributed by atoms with E-state index < -0.39 is 5.54 Å². The van der Waals surface area contributed by atoms with Crippen LogP contribution in [0.1, 0.15) is 45.6 Å². The van der Waals surface area contributed by atoms with Crippen molar-refractivity contribution in [1.29, 1.82) is 0 Å². The molecule has 2 N–H and O–H groups in total. The summed E-state index contributed by atoms with van der Waals surface area (Å²) < 4.78 is 5.76. The van der Waals surface area contributed by atoms with Crippen LogP contribution in [0.5, 0.6) is 0 Å². The summed E-state index contributed by atoms with van der Waals surface area (Å²) in [6, 6.07) is 10.6. The van der Waals surface area contributed by atoms with Crippen molar-refractivity contribution in [3.63, 3.8) is 0 Å². The van der Waals surface area contributed by atoms with Gasteiger partial charge in [-0.05, 0) is 37.7 Å². The molecule has 1 heterocycles. The van der Waals surface area contributed by atoms with Gasteiger partial charge in [0.1, 0.15) is 5.54 Å². The van der Waals surface area contributed by atoms with Crippen molar-refractivity contribution in [2.45, 2.75) is 58.1 Å². The Morgan fingerprint density at radius 2 is 1.85 bits per heavy atom. The number of hydrogen-bond donors (Lipinski definition) is 1. The number of hydrogen-bond acceptors (Lipinski definition) is 3. The van der Waals surface area contributed by atoms with Crippen molar-refractivity contribution in [1.82, 2.24) is 4.90 Å². The molecule has 0 radical (unpaired) electrons. The lowest BCUT2D eigenvalue weighted by atomic mass is 9.54. The van der Waals surface area contributed by atoms with Crippen LogP contribution in [-0.2, 0) is 16.0 Å². The number of benzene rings is 1. The predicted octanol–water partition coefficient (Wildman–Crippen LogP) is 3.42. The summed E-state index contributed by atoms with van der Waals surface area (Å²) in [4.78, 5) is 15.1. The van der Waals surface area contributed by atoms with Gasteiger partial charge in [-0.15, -0.1) is 12.4 Å². The monoisotopic (exact) mass is 380 g/mol. The lowest BCUT2D eigenvalue weighted by Gasteiger charge is -2.59. The van der Waals surface area contributed by atoms with Gasteiger partial charge in [-0.1, -0.05) is 44.2 Å². The second-order valence-electron chi connectivity index (χ2n) is 8.27. The maximum Gasteiger partial charge on any atom is 0.243 e. The molecule has 1 saturated carbocycles. The maximum atomic E-state index is 13.1. The minimum absolute atomic E-state index is 0. The van der Waals surface area contributed by atoms with Gasteiger partial charge in [0.2, 0.25) is 5.91 Å². The van der Waals surface area contributed by atoms with Crippen LogP contribution in [0.25, 0.3) is 0 Å². The van der Waals surface area contributed by atoms with Crippen LogP contribution in [0.4, 0.5) is 0 Å². The van der Waals surface area contributed by atoms with Crippen LogP contribution in [0, 0.1) is 11.3 Å². The molecule has 5 heteroatoms. The summed E-state index contributed by atoms with van der Waals surface area (Å²) in [6.45, 7) is 8.44. The number of amides is 1. The Hall–Kier alpha value is -1.10. The van der Waals surface area contributed by atoms with E-state index in [1.165, 1.54) is 5.56 Å². The second-order valence-corrected chi connectivity index (χ2v) is 8.27. The minimum atomic E-state index is -0.779. The molecule has 2 aliphatic rings.